The number of nitrogens with zero attached hydrogens (tertiary/aromatic N) is 6. The van der Waals surface area contributed by atoms with Crippen LogP contribution in [-0.2, 0) is 0 Å². The fourth-order valence-electron chi connectivity index (χ4n) is 4.32. The number of hydrogen-bond acceptors (Lipinski definition) is 7. The summed E-state index contributed by atoms with van der Waals surface area (Å²) in [5.41, 5.74) is 6.58. The molecular formula is C28H30N8OS. The third-order valence-electron chi connectivity index (χ3n) is 6.33. The molecule has 38 heavy (non-hydrogen) atoms. The third-order valence-corrected chi connectivity index (χ3v) is 6.33. The van der Waals surface area contributed by atoms with E-state index in [-0.39, 0.29) is 25.3 Å². The maximum absolute atomic E-state index is 13.0. The number of para-hydroxylation sites is 1. The van der Waals surface area contributed by atoms with Crippen molar-refractivity contribution in [3.63, 3.8) is 0 Å². The maximum atomic E-state index is 13.0. The molecule has 9 nitrogen and oxygen atoms in total. The van der Waals surface area contributed by atoms with Gasteiger partial charge in [-0.05, 0) is 37.6 Å². The molecule has 0 unspecified atom stereocenters. The molecule has 0 aliphatic rings. The van der Waals surface area contributed by atoms with E-state index in [2.05, 4.69) is 43.7 Å². The zero-order chi connectivity index (χ0) is 25.9. The van der Waals surface area contributed by atoms with Crippen LogP contribution in [0.25, 0.3) is 27.8 Å². The lowest BCUT2D eigenvalue weighted by Gasteiger charge is -2.18. The topological polar surface area (TPSA) is 111 Å². The summed E-state index contributed by atoms with van der Waals surface area (Å²) in [4.78, 5) is 30.9. The summed E-state index contributed by atoms with van der Waals surface area (Å²) in [6, 6.07) is 13.7. The number of rotatable bonds is 7. The number of carbonyl (C=O) groups excluding carboxylic acids is 1. The minimum atomic E-state index is -0.183. The molecule has 5 rings (SSSR count). The first kappa shape index (κ1) is 26.7. The van der Waals surface area contributed by atoms with E-state index in [0.29, 0.717) is 17.8 Å². The summed E-state index contributed by atoms with van der Waals surface area (Å²) < 4.78 is 1.69. The van der Waals surface area contributed by atoms with Crippen LogP contribution in [0.1, 0.15) is 40.2 Å². The number of aryl methyl sites for hydroxylation is 2. The molecule has 4 aromatic heterocycles. The Morgan fingerprint density at radius 2 is 1.84 bits per heavy atom. The van der Waals surface area contributed by atoms with Crippen molar-refractivity contribution in [2.45, 2.75) is 26.7 Å². The first-order valence-corrected chi connectivity index (χ1v) is 12.1. The zero-order valence-electron chi connectivity index (χ0n) is 21.7. The first-order chi connectivity index (χ1) is 17.9. The van der Waals surface area contributed by atoms with Gasteiger partial charge in [0.05, 0.1) is 34.4 Å². The highest BCUT2D eigenvalue weighted by molar-refractivity contribution is 7.59. The summed E-state index contributed by atoms with van der Waals surface area (Å²) in [5, 5.41) is 11.5. The van der Waals surface area contributed by atoms with Crippen molar-refractivity contribution >= 4 is 36.1 Å². The predicted octanol–water partition coefficient (Wildman–Crippen LogP) is 4.58. The van der Waals surface area contributed by atoms with Crippen LogP contribution >= 0.6 is 13.5 Å². The molecule has 0 saturated carbocycles. The van der Waals surface area contributed by atoms with Crippen LogP contribution in [0.2, 0.25) is 0 Å². The van der Waals surface area contributed by atoms with Gasteiger partial charge in [0.25, 0.3) is 5.91 Å². The van der Waals surface area contributed by atoms with Crippen molar-refractivity contribution < 1.29 is 4.79 Å². The molecular weight excluding hydrogens is 496 g/mol. The van der Waals surface area contributed by atoms with E-state index in [9.17, 15) is 4.79 Å². The average molecular weight is 527 g/mol. The van der Waals surface area contributed by atoms with E-state index in [0.717, 1.165) is 44.9 Å². The first-order valence-electron chi connectivity index (χ1n) is 12.1. The normalized spacial score (nSPS) is 11.6. The van der Waals surface area contributed by atoms with E-state index in [1.54, 1.807) is 24.3 Å². The number of benzene rings is 1. The van der Waals surface area contributed by atoms with Crippen molar-refractivity contribution in [2.24, 2.45) is 0 Å². The fraction of sp³-hybridized carbons (Fsp3) is 0.214. The van der Waals surface area contributed by atoms with Gasteiger partial charge in [-0.15, -0.1) is 0 Å². The highest BCUT2D eigenvalue weighted by Crippen LogP contribution is 2.30. The van der Waals surface area contributed by atoms with Crippen molar-refractivity contribution in [3.8, 4) is 16.9 Å². The molecule has 194 valence electrons. The molecule has 5 aromatic rings. The van der Waals surface area contributed by atoms with E-state index >= 15 is 0 Å². The van der Waals surface area contributed by atoms with Gasteiger partial charge in [-0.1, -0.05) is 25.1 Å². The van der Waals surface area contributed by atoms with Gasteiger partial charge in [0.15, 0.2) is 0 Å². The summed E-state index contributed by atoms with van der Waals surface area (Å²) in [5.74, 6) is 0.636. The van der Waals surface area contributed by atoms with E-state index in [1.165, 1.54) is 0 Å². The van der Waals surface area contributed by atoms with Gasteiger partial charge in [-0.25, -0.2) is 14.6 Å². The Bertz CT molecular complexity index is 1580. The molecule has 4 heterocycles. The van der Waals surface area contributed by atoms with Crippen LogP contribution in [0.15, 0.2) is 67.4 Å². The Kier molecular flexibility index (Phi) is 8.02. The Balaban J connectivity index is 0.00000336. The molecule has 0 aliphatic carbocycles. The Morgan fingerprint density at radius 3 is 2.55 bits per heavy atom. The molecule has 10 heteroatoms. The van der Waals surface area contributed by atoms with Crippen LogP contribution < -0.4 is 10.6 Å². The average Bonchev–Trinajstić information content (AvgIpc) is 3.36. The SMILES string of the molecule is CNC(=O)c1c(-n2ccc(C)n2)cnc2c([C@H](C)CNc3cc(-c4ccc(C)nc4)ncn3)cccc12.S. The minimum Gasteiger partial charge on any atom is -0.369 e. The number of amides is 1. The molecule has 1 amide bonds. The number of carbonyl (C=O) groups is 1. The van der Waals surface area contributed by atoms with Gasteiger partial charge in [0, 0.05) is 54.6 Å². The Hall–Kier alpha value is -4.31. The molecule has 1 atom stereocenters. The second kappa shape index (κ2) is 11.4. The standard InChI is InChI=1S/C28H28N8O.H2S/c1-17(13-31-25-12-23(33-16-34-25)20-9-8-18(2)30-14-20)21-6-5-7-22-26(28(37)29-4)24(15-32-27(21)22)36-11-10-19(3)35-36;/h5-12,14-17H,13H2,1-4H3,(H,29,37)(H,31,33,34);1H2/t17-;/m1./s1. The van der Waals surface area contributed by atoms with Crippen LogP contribution in [0.4, 0.5) is 5.82 Å². The molecule has 0 radical (unpaired) electrons. The monoisotopic (exact) mass is 526 g/mol. The van der Waals surface area contributed by atoms with Crippen molar-refractivity contribution in [1.82, 2.24) is 35.0 Å². The predicted molar refractivity (Wildman–Crippen MR) is 154 cm³/mol. The smallest absolute Gasteiger partial charge is 0.253 e. The third kappa shape index (κ3) is 5.35. The number of anilines is 1. The highest BCUT2D eigenvalue weighted by atomic mass is 32.1. The minimum absolute atomic E-state index is 0. The van der Waals surface area contributed by atoms with Gasteiger partial charge < -0.3 is 10.6 Å². The van der Waals surface area contributed by atoms with E-state index < -0.39 is 0 Å². The summed E-state index contributed by atoms with van der Waals surface area (Å²) in [6.45, 7) is 6.62. The number of nitrogens with one attached hydrogen (secondary N) is 2. The van der Waals surface area contributed by atoms with E-state index in [4.69, 9.17) is 4.98 Å². The summed E-state index contributed by atoms with van der Waals surface area (Å²) in [6.07, 6.45) is 6.92. The second-order valence-corrected chi connectivity index (χ2v) is 9.00. The van der Waals surface area contributed by atoms with Gasteiger partial charge in [-0.2, -0.15) is 18.6 Å². The number of pyridine rings is 2. The lowest BCUT2D eigenvalue weighted by Crippen LogP contribution is -2.21. The number of fused-ring (bicyclic) bond motifs is 1. The van der Waals surface area contributed by atoms with Crippen molar-refractivity contribution in [2.75, 3.05) is 18.9 Å². The Labute approximate surface area is 228 Å². The van der Waals surface area contributed by atoms with E-state index in [1.807, 2.05) is 62.6 Å². The molecule has 0 aliphatic heterocycles. The molecule has 0 saturated heterocycles. The quantitative estimate of drug-likeness (QED) is 0.319. The number of hydrogen-bond donors (Lipinski definition) is 2. The summed E-state index contributed by atoms with van der Waals surface area (Å²) in [7, 11) is 1.63. The molecule has 0 bridgehead atoms. The van der Waals surface area contributed by atoms with Crippen LogP contribution in [0.5, 0.6) is 0 Å². The molecule has 0 fully saturated rings. The summed E-state index contributed by atoms with van der Waals surface area (Å²) >= 11 is 0. The van der Waals surface area contributed by atoms with Crippen LogP contribution in [-0.4, -0.2) is 49.2 Å². The van der Waals surface area contributed by atoms with Crippen molar-refractivity contribution in [1.29, 1.82) is 0 Å². The highest BCUT2D eigenvalue weighted by Gasteiger charge is 2.20. The lowest BCUT2D eigenvalue weighted by molar-refractivity contribution is 0.0964. The van der Waals surface area contributed by atoms with Crippen LogP contribution in [0, 0.1) is 13.8 Å². The lowest BCUT2D eigenvalue weighted by atomic mass is 9.95. The van der Waals surface area contributed by atoms with Crippen molar-refractivity contribution in [3.05, 3.63) is 89.9 Å². The number of aromatic nitrogens is 6. The van der Waals surface area contributed by atoms with Crippen LogP contribution in [0.3, 0.4) is 0 Å². The largest absolute Gasteiger partial charge is 0.369 e. The van der Waals surface area contributed by atoms with Gasteiger partial charge >= 0.3 is 0 Å². The molecule has 0 spiro atoms. The van der Waals surface area contributed by atoms with Gasteiger partial charge in [0.1, 0.15) is 12.1 Å². The maximum Gasteiger partial charge on any atom is 0.253 e. The van der Waals surface area contributed by atoms with Gasteiger partial charge in [0.2, 0.25) is 0 Å². The zero-order valence-corrected chi connectivity index (χ0v) is 22.7. The second-order valence-electron chi connectivity index (χ2n) is 9.00. The molecule has 2 N–H and O–H groups in total. The molecule has 1 aromatic carbocycles. The fourth-order valence-corrected chi connectivity index (χ4v) is 4.32. The van der Waals surface area contributed by atoms with Gasteiger partial charge in [-0.3, -0.25) is 14.8 Å². The Morgan fingerprint density at radius 1 is 1.00 bits per heavy atom.